The number of hydrogen-bond donors (Lipinski definition) is 0. The van der Waals surface area contributed by atoms with E-state index in [1.807, 2.05) is 0 Å². The summed E-state index contributed by atoms with van der Waals surface area (Å²) in [5.74, 6) is 0. The number of halogens is 4. The van der Waals surface area contributed by atoms with Crippen molar-refractivity contribution in [3.63, 3.8) is 0 Å². The molecule has 0 aliphatic carbocycles. The Morgan fingerprint density at radius 3 is 2.48 bits per heavy atom. The van der Waals surface area contributed by atoms with E-state index in [1.165, 1.54) is 17.8 Å². The standard InChI is InChI=1S/C15H10ClF3N2O3S/c1-20-12(15(17,18)19)5-13(22)21(14(20)23)9-6-24-10-4-8(16)11(25-2)3-7(9)10/h3-6H,1-2H3. The number of furan rings is 1. The summed E-state index contributed by atoms with van der Waals surface area (Å²) in [6.07, 6.45) is -1.89. The second kappa shape index (κ2) is 5.99. The van der Waals surface area contributed by atoms with Gasteiger partial charge in [-0.3, -0.25) is 9.36 Å². The van der Waals surface area contributed by atoms with Gasteiger partial charge in [0.2, 0.25) is 0 Å². The van der Waals surface area contributed by atoms with Gasteiger partial charge in [0.15, 0.2) is 0 Å². The minimum absolute atomic E-state index is 0.0568. The Hall–Kier alpha value is -2.13. The third-order valence-corrected chi connectivity index (χ3v) is 4.88. The van der Waals surface area contributed by atoms with Crippen LogP contribution in [0.2, 0.25) is 5.02 Å². The first kappa shape index (κ1) is 17.7. The molecule has 0 fully saturated rings. The maximum Gasteiger partial charge on any atom is 0.431 e. The van der Waals surface area contributed by atoms with Gasteiger partial charge >= 0.3 is 11.9 Å². The van der Waals surface area contributed by atoms with E-state index < -0.39 is 23.1 Å². The zero-order valence-electron chi connectivity index (χ0n) is 12.8. The topological polar surface area (TPSA) is 57.1 Å². The molecule has 3 aromatic rings. The molecule has 0 amide bonds. The molecule has 132 valence electrons. The van der Waals surface area contributed by atoms with Gasteiger partial charge in [-0.2, -0.15) is 13.2 Å². The number of alkyl halides is 3. The first-order chi connectivity index (χ1) is 11.6. The van der Waals surface area contributed by atoms with E-state index in [0.717, 1.165) is 13.3 Å². The molecule has 0 aliphatic rings. The van der Waals surface area contributed by atoms with Crippen molar-refractivity contribution in [2.75, 3.05) is 6.26 Å². The molecule has 0 unspecified atom stereocenters. The van der Waals surface area contributed by atoms with Gasteiger partial charge in [0.05, 0.1) is 5.02 Å². The maximum absolute atomic E-state index is 12.9. The fourth-order valence-electron chi connectivity index (χ4n) is 2.46. The lowest BCUT2D eigenvalue weighted by atomic mass is 10.2. The fraction of sp³-hybridized carbons (Fsp3) is 0.200. The first-order valence-electron chi connectivity index (χ1n) is 6.80. The van der Waals surface area contributed by atoms with Crippen LogP contribution in [0, 0.1) is 0 Å². The van der Waals surface area contributed by atoms with Gasteiger partial charge < -0.3 is 4.42 Å². The minimum Gasteiger partial charge on any atom is -0.462 e. The van der Waals surface area contributed by atoms with E-state index in [0.29, 0.717) is 36.1 Å². The predicted octanol–water partition coefficient (Wildman–Crippen LogP) is 3.68. The number of benzene rings is 1. The molecule has 25 heavy (non-hydrogen) atoms. The second-order valence-corrected chi connectivity index (χ2v) is 6.40. The van der Waals surface area contributed by atoms with Crippen molar-refractivity contribution in [1.82, 2.24) is 9.13 Å². The van der Waals surface area contributed by atoms with Gasteiger partial charge in [-0.05, 0) is 12.3 Å². The van der Waals surface area contributed by atoms with E-state index in [9.17, 15) is 22.8 Å². The average molecular weight is 391 g/mol. The molecule has 0 spiro atoms. The van der Waals surface area contributed by atoms with Crippen molar-refractivity contribution in [2.24, 2.45) is 7.05 Å². The molecule has 2 heterocycles. The maximum atomic E-state index is 12.9. The average Bonchev–Trinajstić information content (AvgIpc) is 2.91. The number of hydrogen-bond acceptors (Lipinski definition) is 4. The molecule has 0 N–H and O–H groups in total. The second-order valence-electron chi connectivity index (χ2n) is 5.15. The number of nitrogens with zero attached hydrogens (tertiary/aromatic N) is 2. The third-order valence-electron chi connectivity index (χ3n) is 3.68. The fourth-order valence-corrected chi connectivity index (χ4v) is 3.34. The lowest BCUT2D eigenvalue weighted by Gasteiger charge is -2.13. The molecule has 0 bridgehead atoms. The summed E-state index contributed by atoms with van der Waals surface area (Å²) in [4.78, 5) is 25.2. The van der Waals surface area contributed by atoms with Gasteiger partial charge in [0, 0.05) is 29.5 Å². The molecule has 2 aromatic heterocycles. The molecule has 10 heteroatoms. The smallest absolute Gasteiger partial charge is 0.431 e. The van der Waals surface area contributed by atoms with Crippen LogP contribution in [0.1, 0.15) is 5.69 Å². The van der Waals surface area contributed by atoms with Crippen LogP contribution in [0.3, 0.4) is 0 Å². The van der Waals surface area contributed by atoms with E-state index in [2.05, 4.69) is 0 Å². The Morgan fingerprint density at radius 1 is 1.20 bits per heavy atom. The van der Waals surface area contributed by atoms with E-state index >= 15 is 0 Å². The molecular formula is C15H10ClF3N2O3S. The van der Waals surface area contributed by atoms with E-state index in [1.54, 1.807) is 12.3 Å². The van der Waals surface area contributed by atoms with Crippen LogP contribution in [-0.2, 0) is 13.2 Å². The molecule has 5 nitrogen and oxygen atoms in total. The Kier molecular flexibility index (Phi) is 4.24. The van der Waals surface area contributed by atoms with Crippen molar-refractivity contribution in [3.8, 4) is 5.69 Å². The summed E-state index contributed by atoms with van der Waals surface area (Å²) in [6.45, 7) is 0. The van der Waals surface area contributed by atoms with Gasteiger partial charge in [-0.25, -0.2) is 9.36 Å². The Bertz CT molecular complexity index is 1100. The van der Waals surface area contributed by atoms with Crippen molar-refractivity contribution in [3.05, 3.63) is 56.0 Å². The number of aromatic nitrogens is 2. The van der Waals surface area contributed by atoms with Crippen molar-refractivity contribution < 1.29 is 17.6 Å². The van der Waals surface area contributed by atoms with Gasteiger partial charge in [-0.15, -0.1) is 11.8 Å². The highest BCUT2D eigenvalue weighted by molar-refractivity contribution is 7.98. The van der Waals surface area contributed by atoms with Crippen LogP contribution >= 0.6 is 23.4 Å². The highest BCUT2D eigenvalue weighted by atomic mass is 35.5. The monoisotopic (exact) mass is 390 g/mol. The van der Waals surface area contributed by atoms with Crippen molar-refractivity contribution in [2.45, 2.75) is 11.1 Å². The normalized spacial score (nSPS) is 12.1. The summed E-state index contributed by atoms with van der Waals surface area (Å²) in [5, 5.41) is 0.821. The van der Waals surface area contributed by atoms with Crippen LogP contribution in [0.25, 0.3) is 16.7 Å². The third kappa shape index (κ3) is 2.87. The SMILES string of the molecule is CSc1cc2c(-n3c(=O)cc(C(F)(F)F)n(C)c3=O)coc2cc1Cl. The summed E-state index contributed by atoms with van der Waals surface area (Å²) in [7, 11) is 0.952. The first-order valence-corrected chi connectivity index (χ1v) is 8.41. The quantitative estimate of drug-likeness (QED) is 0.626. The van der Waals surface area contributed by atoms with Crippen LogP contribution < -0.4 is 11.2 Å². The number of fused-ring (bicyclic) bond motifs is 1. The molecule has 0 atom stereocenters. The largest absolute Gasteiger partial charge is 0.462 e. The zero-order valence-corrected chi connectivity index (χ0v) is 14.4. The lowest BCUT2D eigenvalue weighted by molar-refractivity contribution is -0.144. The van der Waals surface area contributed by atoms with Crippen LogP contribution in [-0.4, -0.2) is 15.4 Å². The molecular weight excluding hydrogens is 381 g/mol. The Labute approximate surface area is 147 Å². The highest BCUT2D eigenvalue weighted by Gasteiger charge is 2.35. The van der Waals surface area contributed by atoms with Gasteiger partial charge in [-0.1, -0.05) is 11.6 Å². The predicted molar refractivity (Wildman–Crippen MR) is 88.8 cm³/mol. The molecule has 0 aliphatic heterocycles. The highest BCUT2D eigenvalue weighted by Crippen LogP contribution is 2.33. The molecule has 0 saturated heterocycles. The van der Waals surface area contributed by atoms with Crippen molar-refractivity contribution in [1.29, 1.82) is 0 Å². The molecule has 3 rings (SSSR count). The zero-order chi connectivity index (χ0) is 18.5. The number of rotatable bonds is 2. The van der Waals surface area contributed by atoms with Gasteiger partial charge in [0.1, 0.15) is 23.2 Å². The summed E-state index contributed by atoms with van der Waals surface area (Å²) in [5.41, 5.74) is -3.17. The minimum atomic E-state index is -4.82. The molecule has 0 radical (unpaired) electrons. The van der Waals surface area contributed by atoms with Gasteiger partial charge in [0.25, 0.3) is 5.56 Å². The Balaban J connectivity index is 2.35. The Morgan fingerprint density at radius 2 is 1.88 bits per heavy atom. The molecule has 1 aromatic carbocycles. The summed E-state index contributed by atoms with van der Waals surface area (Å²) >= 11 is 7.42. The summed E-state index contributed by atoms with van der Waals surface area (Å²) in [6, 6.07) is 3.52. The van der Waals surface area contributed by atoms with Crippen molar-refractivity contribution >= 4 is 34.3 Å². The van der Waals surface area contributed by atoms with Crippen LogP contribution in [0.5, 0.6) is 0 Å². The number of thioether (sulfide) groups is 1. The molecule has 0 saturated carbocycles. The van der Waals surface area contributed by atoms with E-state index in [-0.39, 0.29) is 5.69 Å². The lowest BCUT2D eigenvalue weighted by Crippen LogP contribution is -2.40. The van der Waals surface area contributed by atoms with Crippen LogP contribution in [0.4, 0.5) is 13.2 Å². The summed E-state index contributed by atoms with van der Waals surface area (Å²) < 4.78 is 45.1. The van der Waals surface area contributed by atoms with Crippen LogP contribution in [0.15, 0.2) is 43.4 Å². The van der Waals surface area contributed by atoms with E-state index in [4.69, 9.17) is 16.0 Å².